The largest absolute Gasteiger partial charge is 0.493 e. The van der Waals surface area contributed by atoms with Crippen LogP contribution in [0.4, 0.5) is 5.69 Å². The first kappa shape index (κ1) is 25.5. The van der Waals surface area contributed by atoms with Crippen molar-refractivity contribution < 1.29 is 14.3 Å². The van der Waals surface area contributed by atoms with Gasteiger partial charge in [0.2, 0.25) is 5.91 Å². The summed E-state index contributed by atoms with van der Waals surface area (Å²) in [5, 5.41) is 9.57. The fraction of sp³-hybridized carbons (Fsp3) is 0.619. The quantitative estimate of drug-likeness (QED) is 0.181. The summed E-state index contributed by atoms with van der Waals surface area (Å²) in [5.41, 5.74) is 0.888. The van der Waals surface area contributed by atoms with Gasteiger partial charge in [0.1, 0.15) is 5.75 Å². The second kappa shape index (κ2) is 15.3. The lowest BCUT2D eigenvalue weighted by molar-refractivity contribution is -0.121. The Labute approximate surface area is 191 Å². The van der Waals surface area contributed by atoms with Crippen molar-refractivity contribution in [2.45, 2.75) is 51.5 Å². The normalized spacial score (nSPS) is 14.2. The Bertz CT molecular complexity index is 622. The predicted molar refractivity (Wildman–Crippen MR) is 128 cm³/mol. The molecule has 1 aromatic rings. The molecule has 1 aliphatic rings. The van der Waals surface area contributed by atoms with Gasteiger partial charge in [-0.05, 0) is 31.9 Å². The van der Waals surface area contributed by atoms with Crippen LogP contribution in [-0.4, -0.2) is 51.3 Å². The molecule has 0 unspecified atom stereocenters. The molecule has 29 heavy (non-hydrogen) atoms. The second-order valence-corrected chi connectivity index (χ2v) is 6.91. The number of carbonyl (C=O) groups is 1. The molecule has 0 aliphatic heterocycles. The molecule has 164 valence electrons. The van der Waals surface area contributed by atoms with Gasteiger partial charge >= 0.3 is 0 Å². The number of anilines is 1. The van der Waals surface area contributed by atoms with Crippen molar-refractivity contribution in [1.29, 1.82) is 0 Å². The Balaban J connectivity index is 0.00000420. The highest BCUT2D eigenvalue weighted by atomic mass is 127. The van der Waals surface area contributed by atoms with Crippen molar-refractivity contribution in [1.82, 2.24) is 10.6 Å². The molecular formula is C21H35IN4O3. The van der Waals surface area contributed by atoms with Crippen LogP contribution >= 0.6 is 24.0 Å². The van der Waals surface area contributed by atoms with E-state index in [0.29, 0.717) is 38.2 Å². The molecule has 2 rings (SSSR count). The van der Waals surface area contributed by atoms with Crippen LogP contribution in [0.15, 0.2) is 29.3 Å². The molecule has 0 heterocycles. The summed E-state index contributed by atoms with van der Waals surface area (Å²) < 4.78 is 10.8. The van der Waals surface area contributed by atoms with Crippen LogP contribution < -0.4 is 20.7 Å². The Hall–Kier alpha value is -1.55. The summed E-state index contributed by atoms with van der Waals surface area (Å²) >= 11 is 0. The van der Waals surface area contributed by atoms with Gasteiger partial charge in [-0.3, -0.25) is 9.79 Å². The number of nitrogens with zero attached hydrogens (tertiary/aromatic N) is 1. The summed E-state index contributed by atoms with van der Waals surface area (Å²) in [7, 11) is 1.69. The third kappa shape index (κ3) is 10.7. The van der Waals surface area contributed by atoms with E-state index >= 15 is 0 Å². The molecule has 0 radical (unpaired) electrons. The lowest BCUT2D eigenvalue weighted by Gasteiger charge is -2.13. The maximum absolute atomic E-state index is 12.0. The van der Waals surface area contributed by atoms with Crippen LogP contribution in [0.3, 0.4) is 0 Å². The van der Waals surface area contributed by atoms with E-state index in [1.807, 2.05) is 31.2 Å². The van der Waals surface area contributed by atoms with Gasteiger partial charge in [0.25, 0.3) is 0 Å². The van der Waals surface area contributed by atoms with Crippen LogP contribution in [0.1, 0.15) is 45.4 Å². The molecule has 1 fully saturated rings. The van der Waals surface area contributed by atoms with Crippen LogP contribution in [-0.2, 0) is 9.53 Å². The van der Waals surface area contributed by atoms with E-state index < -0.39 is 0 Å². The van der Waals surface area contributed by atoms with Gasteiger partial charge in [-0.2, -0.15) is 0 Å². The van der Waals surface area contributed by atoms with Gasteiger partial charge in [-0.1, -0.05) is 18.9 Å². The first-order valence-corrected chi connectivity index (χ1v) is 10.3. The third-order valence-electron chi connectivity index (χ3n) is 4.53. The number of nitrogens with one attached hydrogen (secondary N) is 3. The number of guanidine groups is 1. The summed E-state index contributed by atoms with van der Waals surface area (Å²) in [6, 6.07) is 8.12. The van der Waals surface area contributed by atoms with Crippen molar-refractivity contribution in [3.05, 3.63) is 24.3 Å². The number of ether oxygens (including phenoxy) is 2. The molecule has 1 aromatic carbocycles. The molecule has 1 saturated carbocycles. The van der Waals surface area contributed by atoms with E-state index in [4.69, 9.17) is 9.47 Å². The van der Waals surface area contributed by atoms with Crippen molar-refractivity contribution in [2.24, 2.45) is 4.99 Å². The van der Waals surface area contributed by atoms with E-state index in [9.17, 15) is 4.79 Å². The highest BCUT2D eigenvalue weighted by Gasteiger charge is 2.16. The van der Waals surface area contributed by atoms with Crippen molar-refractivity contribution in [3.63, 3.8) is 0 Å². The number of methoxy groups -OCH3 is 1. The van der Waals surface area contributed by atoms with Crippen LogP contribution in [0.2, 0.25) is 0 Å². The molecule has 0 bridgehead atoms. The zero-order chi connectivity index (χ0) is 20.0. The van der Waals surface area contributed by atoms with E-state index in [1.54, 1.807) is 7.11 Å². The minimum absolute atomic E-state index is 0. The van der Waals surface area contributed by atoms with Gasteiger partial charge in [-0.15, -0.1) is 24.0 Å². The number of aliphatic imine (C=N–C) groups is 1. The smallest absolute Gasteiger partial charge is 0.222 e. The van der Waals surface area contributed by atoms with E-state index in [1.165, 1.54) is 12.8 Å². The number of carbonyl (C=O) groups excluding carboxylic acids is 1. The fourth-order valence-electron chi connectivity index (χ4n) is 3.14. The lowest BCUT2D eigenvalue weighted by Crippen LogP contribution is -2.34. The Morgan fingerprint density at radius 2 is 2.03 bits per heavy atom. The van der Waals surface area contributed by atoms with E-state index in [2.05, 4.69) is 20.9 Å². The first-order chi connectivity index (χ1) is 13.7. The molecule has 0 atom stereocenters. The predicted octanol–water partition coefficient (Wildman–Crippen LogP) is 3.55. The number of rotatable bonds is 11. The topological polar surface area (TPSA) is 84.0 Å². The summed E-state index contributed by atoms with van der Waals surface area (Å²) in [5.74, 6) is 1.54. The van der Waals surface area contributed by atoms with Crippen LogP contribution in [0, 0.1) is 0 Å². The maximum atomic E-state index is 12.0. The second-order valence-electron chi connectivity index (χ2n) is 6.91. The minimum Gasteiger partial charge on any atom is -0.493 e. The third-order valence-corrected chi connectivity index (χ3v) is 4.53. The molecule has 0 aromatic heterocycles. The minimum atomic E-state index is 0. The standard InChI is InChI=1S/C21H34N4O3.HI/c1-3-22-21(23-13-12-20(26)24-17-8-4-5-9-17)25-18-10-6-11-19(16-18)28-15-7-14-27-2;/h6,10-11,16-17H,3-5,7-9,12-15H2,1-2H3,(H,24,26)(H2,22,23,25);1H. The summed E-state index contributed by atoms with van der Waals surface area (Å²) in [4.78, 5) is 16.6. The number of hydrogen-bond donors (Lipinski definition) is 3. The van der Waals surface area contributed by atoms with Crippen LogP contribution in [0.25, 0.3) is 0 Å². The molecule has 3 N–H and O–H groups in total. The molecule has 8 heteroatoms. The van der Waals surface area contributed by atoms with Crippen molar-refractivity contribution >= 4 is 41.5 Å². The maximum Gasteiger partial charge on any atom is 0.222 e. The zero-order valence-electron chi connectivity index (χ0n) is 17.5. The van der Waals surface area contributed by atoms with E-state index in [-0.39, 0.29) is 29.9 Å². The average molecular weight is 518 g/mol. The SMILES string of the molecule is CCNC(=NCCC(=O)NC1CCCC1)Nc1cccc(OCCCOC)c1.I. The highest BCUT2D eigenvalue weighted by molar-refractivity contribution is 14.0. The molecule has 7 nitrogen and oxygen atoms in total. The Morgan fingerprint density at radius 1 is 1.24 bits per heavy atom. The number of amides is 1. The molecule has 0 spiro atoms. The average Bonchev–Trinajstić information content (AvgIpc) is 3.19. The Kier molecular flexibility index (Phi) is 13.5. The summed E-state index contributed by atoms with van der Waals surface area (Å²) in [6.07, 6.45) is 5.88. The molecule has 0 saturated heterocycles. The number of benzene rings is 1. The summed E-state index contributed by atoms with van der Waals surface area (Å²) in [6.45, 7) is 4.50. The zero-order valence-corrected chi connectivity index (χ0v) is 19.9. The van der Waals surface area contributed by atoms with Gasteiger partial charge in [0.05, 0.1) is 13.2 Å². The van der Waals surface area contributed by atoms with Crippen molar-refractivity contribution in [3.8, 4) is 5.75 Å². The number of hydrogen-bond acceptors (Lipinski definition) is 4. The van der Waals surface area contributed by atoms with Crippen molar-refractivity contribution in [2.75, 3.05) is 38.7 Å². The molecular weight excluding hydrogens is 483 g/mol. The molecule has 1 amide bonds. The lowest BCUT2D eigenvalue weighted by atomic mass is 10.2. The van der Waals surface area contributed by atoms with Gasteiger partial charge in [-0.25, -0.2) is 0 Å². The fourth-order valence-corrected chi connectivity index (χ4v) is 3.14. The highest BCUT2D eigenvalue weighted by Crippen LogP contribution is 2.18. The van der Waals surface area contributed by atoms with Crippen LogP contribution in [0.5, 0.6) is 5.75 Å². The van der Waals surface area contributed by atoms with Gasteiger partial charge in [0, 0.05) is 50.9 Å². The van der Waals surface area contributed by atoms with Gasteiger partial charge in [0.15, 0.2) is 5.96 Å². The van der Waals surface area contributed by atoms with E-state index in [0.717, 1.165) is 37.2 Å². The van der Waals surface area contributed by atoms with Gasteiger partial charge < -0.3 is 25.4 Å². The number of halogens is 1. The molecule has 1 aliphatic carbocycles. The Morgan fingerprint density at radius 3 is 2.76 bits per heavy atom. The monoisotopic (exact) mass is 518 g/mol. The first-order valence-electron chi connectivity index (χ1n) is 10.3.